The molecule has 0 aliphatic carbocycles. The van der Waals surface area contributed by atoms with Crippen molar-refractivity contribution >= 4 is 28.5 Å². The average molecular weight is 441 g/mol. The molecule has 2 N–H and O–H groups in total. The molecule has 1 aliphatic heterocycles. The van der Waals surface area contributed by atoms with Gasteiger partial charge >= 0.3 is 11.1 Å². The van der Waals surface area contributed by atoms with Crippen LogP contribution in [0.2, 0.25) is 5.02 Å². The van der Waals surface area contributed by atoms with Gasteiger partial charge in [0.15, 0.2) is 0 Å². The Morgan fingerprint density at radius 3 is 2.61 bits per heavy atom. The summed E-state index contributed by atoms with van der Waals surface area (Å²) >= 11 is 6.45. The van der Waals surface area contributed by atoms with E-state index in [1.165, 1.54) is 4.57 Å². The molecule has 1 fully saturated rings. The highest BCUT2D eigenvalue weighted by atomic mass is 35.5. The Bertz CT molecular complexity index is 1230. The van der Waals surface area contributed by atoms with Crippen molar-refractivity contribution in [2.75, 3.05) is 19.6 Å². The second kappa shape index (κ2) is 9.08. The van der Waals surface area contributed by atoms with Crippen molar-refractivity contribution in [1.82, 2.24) is 19.8 Å². The third kappa shape index (κ3) is 4.29. The lowest BCUT2D eigenvalue weighted by Crippen LogP contribution is -2.37. The van der Waals surface area contributed by atoms with Crippen molar-refractivity contribution in [3.8, 4) is 0 Å². The first-order valence-electron chi connectivity index (χ1n) is 10.5. The second-order valence-corrected chi connectivity index (χ2v) is 8.13. The molecule has 2 heterocycles. The summed E-state index contributed by atoms with van der Waals surface area (Å²) in [5.41, 5.74) is 1.18. The number of fused-ring (bicyclic) bond motifs is 1. The molecule has 0 saturated carbocycles. The van der Waals surface area contributed by atoms with E-state index in [9.17, 15) is 14.4 Å². The number of hydrogen-bond acceptors (Lipinski definition) is 4. The van der Waals surface area contributed by atoms with Gasteiger partial charge in [0.05, 0.1) is 17.1 Å². The van der Waals surface area contributed by atoms with Gasteiger partial charge in [-0.2, -0.15) is 0 Å². The van der Waals surface area contributed by atoms with Crippen LogP contribution in [0.3, 0.4) is 0 Å². The Morgan fingerprint density at radius 2 is 1.90 bits per heavy atom. The van der Waals surface area contributed by atoms with Crippen LogP contribution in [-0.2, 0) is 6.54 Å². The minimum absolute atomic E-state index is 0.00863. The predicted octanol–water partition coefficient (Wildman–Crippen LogP) is 2.93. The monoisotopic (exact) mass is 440 g/mol. The van der Waals surface area contributed by atoms with Gasteiger partial charge < -0.3 is 14.9 Å². The zero-order chi connectivity index (χ0) is 22.0. The van der Waals surface area contributed by atoms with Gasteiger partial charge in [0.1, 0.15) is 0 Å². The average Bonchev–Trinajstić information content (AvgIpc) is 3.30. The lowest BCUT2D eigenvalue weighted by molar-refractivity contribution is 0.0938. The quantitative estimate of drug-likeness (QED) is 0.577. The Labute approximate surface area is 184 Å². The molecule has 1 saturated heterocycles. The number of nitrogens with zero attached hydrogens (tertiary/aromatic N) is 2. The zero-order valence-electron chi connectivity index (χ0n) is 17.4. The molecule has 0 spiro atoms. The summed E-state index contributed by atoms with van der Waals surface area (Å²) in [5.74, 6) is -0.242. The third-order valence-corrected chi connectivity index (χ3v) is 6.20. The van der Waals surface area contributed by atoms with Crippen molar-refractivity contribution in [2.24, 2.45) is 0 Å². The van der Waals surface area contributed by atoms with Crippen LogP contribution in [0, 0.1) is 0 Å². The van der Waals surface area contributed by atoms with Gasteiger partial charge in [-0.25, -0.2) is 0 Å². The van der Waals surface area contributed by atoms with E-state index in [2.05, 4.69) is 15.2 Å². The van der Waals surface area contributed by atoms with Gasteiger partial charge in [-0.15, -0.1) is 0 Å². The summed E-state index contributed by atoms with van der Waals surface area (Å²) in [7, 11) is 0. The normalized spacial score (nSPS) is 15.3. The molecular weight excluding hydrogens is 416 g/mol. The molecule has 0 bridgehead atoms. The Balaban J connectivity index is 1.58. The van der Waals surface area contributed by atoms with Crippen molar-refractivity contribution < 1.29 is 4.79 Å². The van der Waals surface area contributed by atoms with Gasteiger partial charge in [-0.1, -0.05) is 29.8 Å². The van der Waals surface area contributed by atoms with Crippen molar-refractivity contribution in [3.05, 3.63) is 79.3 Å². The molecule has 1 atom stereocenters. The Hall–Kier alpha value is -2.90. The maximum absolute atomic E-state index is 12.9. The van der Waals surface area contributed by atoms with Crippen molar-refractivity contribution in [1.29, 1.82) is 0 Å². The Kier molecular flexibility index (Phi) is 6.25. The number of hydrogen-bond donors (Lipinski definition) is 2. The van der Waals surface area contributed by atoms with Crippen molar-refractivity contribution in [2.45, 2.75) is 32.4 Å². The van der Waals surface area contributed by atoms with Crippen LogP contribution in [0.1, 0.15) is 41.7 Å². The summed E-state index contributed by atoms with van der Waals surface area (Å²) < 4.78 is 1.40. The fourth-order valence-corrected chi connectivity index (χ4v) is 4.52. The lowest BCUT2D eigenvalue weighted by Gasteiger charge is -2.29. The van der Waals surface area contributed by atoms with E-state index in [0.717, 1.165) is 31.5 Å². The fourth-order valence-electron chi connectivity index (χ4n) is 4.26. The minimum atomic E-state index is -0.695. The summed E-state index contributed by atoms with van der Waals surface area (Å²) in [4.78, 5) is 41.8. The van der Waals surface area contributed by atoms with Gasteiger partial charge in [-0.05, 0) is 62.7 Å². The van der Waals surface area contributed by atoms with Gasteiger partial charge in [0.25, 0.3) is 5.91 Å². The Morgan fingerprint density at radius 1 is 1.16 bits per heavy atom. The van der Waals surface area contributed by atoms with Crippen LogP contribution >= 0.6 is 11.6 Å². The van der Waals surface area contributed by atoms with E-state index in [-0.39, 0.29) is 11.9 Å². The molecular formula is C23H25ClN4O3. The van der Waals surface area contributed by atoms with Gasteiger partial charge in [0.2, 0.25) is 0 Å². The van der Waals surface area contributed by atoms with Crippen LogP contribution in [0.25, 0.3) is 11.0 Å². The molecule has 8 heteroatoms. The SMILES string of the molecule is CCn1c(=O)c(=O)[nH]c2cc(C(=O)NC[C@@H](c3ccccc3Cl)N3CCCC3)ccc21. The molecule has 2 aromatic carbocycles. The molecule has 1 aliphatic rings. The number of nitrogens with one attached hydrogen (secondary N) is 2. The lowest BCUT2D eigenvalue weighted by atomic mass is 10.0. The molecule has 1 amide bonds. The number of likely N-dealkylation sites (tertiary alicyclic amines) is 1. The largest absolute Gasteiger partial charge is 0.350 e. The smallest absolute Gasteiger partial charge is 0.316 e. The van der Waals surface area contributed by atoms with Crippen LogP contribution in [-0.4, -0.2) is 40.0 Å². The number of aromatic amines is 1. The molecule has 7 nitrogen and oxygen atoms in total. The van der Waals surface area contributed by atoms with Crippen LogP contribution in [0.4, 0.5) is 0 Å². The minimum Gasteiger partial charge on any atom is -0.350 e. The molecule has 1 aromatic heterocycles. The first kappa shape index (κ1) is 21.3. The summed E-state index contributed by atoms with van der Waals surface area (Å²) in [5, 5.41) is 3.71. The highest BCUT2D eigenvalue weighted by Gasteiger charge is 2.25. The number of halogens is 1. The fraction of sp³-hybridized carbons (Fsp3) is 0.348. The summed E-state index contributed by atoms with van der Waals surface area (Å²) in [6.07, 6.45) is 2.26. The number of carbonyl (C=O) groups excluding carboxylic acids is 1. The maximum Gasteiger partial charge on any atom is 0.316 e. The molecule has 3 aromatic rings. The maximum atomic E-state index is 12.9. The van der Waals surface area contributed by atoms with E-state index < -0.39 is 11.1 Å². The van der Waals surface area contributed by atoms with Crippen LogP contribution < -0.4 is 16.4 Å². The van der Waals surface area contributed by atoms with E-state index in [1.54, 1.807) is 25.1 Å². The predicted molar refractivity (Wildman–Crippen MR) is 122 cm³/mol. The molecule has 162 valence electrons. The van der Waals surface area contributed by atoms with Crippen LogP contribution in [0.5, 0.6) is 0 Å². The number of benzene rings is 2. The summed E-state index contributed by atoms with van der Waals surface area (Å²) in [6, 6.07) is 12.7. The first-order valence-corrected chi connectivity index (χ1v) is 10.9. The molecule has 0 unspecified atom stereocenters. The number of H-pyrrole nitrogens is 1. The molecule has 4 rings (SSSR count). The van der Waals surface area contributed by atoms with Gasteiger partial charge in [0, 0.05) is 23.7 Å². The third-order valence-electron chi connectivity index (χ3n) is 5.85. The highest BCUT2D eigenvalue weighted by Crippen LogP contribution is 2.29. The topological polar surface area (TPSA) is 87.2 Å². The number of amides is 1. The van der Waals surface area contributed by atoms with E-state index >= 15 is 0 Å². The van der Waals surface area contributed by atoms with Crippen molar-refractivity contribution in [3.63, 3.8) is 0 Å². The van der Waals surface area contributed by atoms with E-state index in [0.29, 0.717) is 34.7 Å². The van der Waals surface area contributed by atoms with Gasteiger partial charge in [-0.3, -0.25) is 19.3 Å². The van der Waals surface area contributed by atoms with E-state index in [4.69, 9.17) is 11.6 Å². The number of aryl methyl sites for hydroxylation is 1. The first-order chi connectivity index (χ1) is 15.0. The number of aromatic nitrogens is 2. The number of rotatable bonds is 6. The standard InChI is InChI=1S/C23H25ClN4O3/c1-2-28-19-10-9-15(13-18(19)26-22(30)23(28)31)21(29)25-14-20(27-11-5-6-12-27)16-7-3-4-8-17(16)24/h3-4,7-10,13,20H,2,5-6,11-12,14H2,1H3,(H,25,29)(H,26,30)/t20-/m0/s1. The zero-order valence-corrected chi connectivity index (χ0v) is 18.1. The number of carbonyl (C=O) groups is 1. The molecule has 31 heavy (non-hydrogen) atoms. The van der Waals surface area contributed by atoms with E-state index in [1.807, 2.05) is 24.3 Å². The highest BCUT2D eigenvalue weighted by molar-refractivity contribution is 6.31. The second-order valence-electron chi connectivity index (χ2n) is 7.73. The van der Waals surface area contributed by atoms with Crippen LogP contribution in [0.15, 0.2) is 52.1 Å². The summed E-state index contributed by atoms with van der Waals surface area (Å²) in [6.45, 7) is 4.54. The molecule has 0 radical (unpaired) electrons.